The van der Waals surface area contributed by atoms with Crippen LogP contribution in [0.1, 0.15) is 55.5 Å². The monoisotopic (exact) mass is 395 g/mol. The molecule has 0 bridgehead atoms. The second kappa shape index (κ2) is 9.03. The molecule has 0 saturated carbocycles. The van der Waals surface area contributed by atoms with Crippen LogP contribution in [0.3, 0.4) is 0 Å². The summed E-state index contributed by atoms with van der Waals surface area (Å²) in [4.78, 5) is 5.02. The summed E-state index contributed by atoms with van der Waals surface area (Å²) < 4.78 is 8.20. The Labute approximate surface area is 176 Å². The molecule has 2 aliphatic rings. The Morgan fingerprint density at radius 1 is 1.07 bits per heavy atom. The number of rotatable bonds is 5. The van der Waals surface area contributed by atoms with Gasteiger partial charge in [0.2, 0.25) is 0 Å². The lowest BCUT2D eigenvalue weighted by Crippen LogP contribution is -2.36. The number of piperidine rings is 1. The van der Waals surface area contributed by atoms with Crippen molar-refractivity contribution in [2.45, 2.75) is 52.1 Å². The van der Waals surface area contributed by atoms with E-state index in [0.717, 1.165) is 39.4 Å². The van der Waals surface area contributed by atoms with Crippen LogP contribution in [0.15, 0.2) is 30.3 Å². The molecule has 0 radical (unpaired) electrons. The van der Waals surface area contributed by atoms with Crippen molar-refractivity contribution in [1.29, 1.82) is 0 Å². The minimum absolute atomic E-state index is 0.562. The third-order valence-electron chi connectivity index (χ3n) is 6.73. The summed E-state index contributed by atoms with van der Waals surface area (Å²) in [5, 5.41) is 0. The van der Waals surface area contributed by atoms with E-state index in [-0.39, 0.29) is 0 Å². The van der Waals surface area contributed by atoms with Gasteiger partial charge in [-0.3, -0.25) is 4.90 Å². The molecule has 2 saturated heterocycles. The van der Waals surface area contributed by atoms with Crippen LogP contribution in [0.5, 0.6) is 0 Å². The molecule has 4 rings (SSSR count). The number of likely N-dealkylation sites (tertiary alicyclic amines) is 1. The molecule has 0 spiro atoms. The molecule has 1 aromatic heterocycles. The minimum Gasteiger partial charge on any atom is -0.379 e. The molecule has 0 amide bonds. The van der Waals surface area contributed by atoms with Gasteiger partial charge in [-0.2, -0.15) is 0 Å². The molecule has 1 aromatic carbocycles. The standard InChI is InChI=1S/C25H37N3O/c1-19(2)21-7-9-22(10-8-21)25-16-23(17-27-12-14-29-15-13-27)20(3)28(25)24-6-5-11-26(4)18-24/h7-10,16,19,24H,5-6,11-15,17-18H2,1-4H3/t24-/m1/s1. The Kier molecular flexibility index (Phi) is 6.43. The molecule has 0 N–H and O–H groups in total. The maximum atomic E-state index is 5.55. The fourth-order valence-corrected chi connectivity index (χ4v) is 4.92. The van der Waals surface area contributed by atoms with Gasteiger partial charge in [0.25, 0.3) is 0 Å². The first-order valence-corrected chi connectivity index (χ1v) is 11.3. The number of morpholine rings is 1. The summed E-state index contributed by atoms with van der Waals surface area (Å²) in [6.45, 7) is 14.0. The lowest BCUT2D eigenvalue weighted by molar-refractivity contribution is 0.0341. The van der Waals surface area contributed by atoms with Crippen molar-refractivity contribution in [2.75, 3.05) is 46.4 Å². The Hall–Kier alpha value is -1.62. The molecule has 4 nitrogen and oxygen atoms in total. The predicted molar refractivity (Wildman–Crippen MR) is 121 cm³/mol. The first-order chi connectivity index (χ1) is 14.0. The zero-order chi connectivity index (χ0) is 20.4. The lowest BCUT2D eigenvalue weighted by atomic mass is 10.00. The number of ether oxygens (including phenoxy) is 1. The van der Waals surface area contributed by atoms with Crippen LogP contribution in [0, 0.1) is 6.92 Å². The van der Waals surface area contributed by atoms with Crippen LogP contribution in [0.2, 0.25) is 0 Å². The SMILES string of the molecule is Cc1c(CN2CCOCC2)cc(-c2ccc(C(C)C)cc2)n1[C@@H]1CCCN(C)C1. The Bertz CT molecular complexity index is 802. The molecule has 29 heavy (non-hydrogen) atoms. The van der Waals surface area contributed by atoms with Crippen molar-refractivity contribution in [3.8, 4) is 11.3 Å². The number of nitrogens with zero attached hydrogens (tertiary/aromatic N) is 3. The molecule has 0 aliphatic carbocycles. The second-order valence-electron chi connectivity index (χ2n) is 9.23. The normalized spacial score (nSPS) is 21.8. The molecule has 4 heteroatoms. The number of benzene rings is 1. The van der Waals surface area contributed by atoms with Crippen molar-refractivity contribution in [3.05, 3.63) is 47.2 Å². The number of hydrogen-bond acceptors (Lipinski definition) is 3. The molecular formula is C25H37N3O. The first-order valence-electron chi connectivity index (χ1n) is 11.3. The van der Waals surface area contributed by atoms with E-state index < -0.39 is 0 Å². The summed E-state index contributed by atoms with van der Waals surface area (Å²) in [5.41, 5.74) is 7.07. The summed E-state index contributed by atoms with van der Waals surface area (Å²) >= 11 is 0. The van der Waals surface area contributed by atoms with Gasteiger partial charge in [0.05, 0.1) is 13.2 Å². The molecule has 158 valence electrons. The second-order valence-corrected chi connectivity index (χ2v) is 9.23. The fraction of sp³-hybridized carbons (Fsp3) is 0.600. The maximum absolute atomic E-state index is 5.55. The van der Waals surface area contributed by atoms with Gasteiger partial charge in [0.15, 0.2) is 0 Å². The molecular weight excluding hydrogens is 358 g/mol. The third kappa shape index (κ3) is 4.60. The summed E-state index contributed by atoms with van der Waals surface area (Å²) in [5.74, 6) is 0.571. The van der Waals surface area contributed by atoms with Crippen LogP contribution >= 0.6 is 0 Å². The molecule has 1 atom stereocenters. The van der Waals surface area contributed by atoms with Crippen LogP contribution < -0.4 is 0 Å². The van der Waals surface area contributed by atoms with Crippen LogP contribution in [0.25, 0.3) is 11.3 Å². The van der Waals surface area contributed by atoms with E-state index in [0.29, 0.717) is 12.0 Å². The van der Waals surface area contributed by atoms with E-state index >= 15 is 0 Å². The van der Waals surface area contributed by atoms with Gasteiger partial charge in [-0.15, -0.1) is 0 Å². The van der Waals surface area contributed by atoms with Gasteiger partial charge in [0.1, 0.15) is 0 Å². The van der Waals surface area contributed by atoms with Crippen molar-refractivity contribution in [1.82, 2.24) is 14.4 Å². The summed E-state index contributed by atoms with van der Waals surface area (Å²) in [6.07, 6.45) is 2.55. The topological polar surface area (TPSA) is 20.6 Å². The maximum Gasteiger partial charge on any atom is 0.0594 e. The zero-order valence-corrected chi connectivity index (χ0v) is 18.7. The van der Waals surface area contributed by atoms with Gasteiger partial charge >= 0.3 is 0 Å². The summed E-state index contributed by atoms with van der Waals surface area (Å²) in [7, 11) is 2.26. The van der Waals surface area contributed by atoms with E-state index in [9.17, 15) is 0 Å². The smallest absolute Gasteiger partial charge is 0.0594 e. The largest absolute Gasteiger partial charge is 0.379 e. The van der Waals surface area contributed by atoms with Gasteiger partial charge in [-0.05, 0) is 62.0 Å². The summed E-state index contributed by atoms with van der Waals surface area (Å²) in [6, 6.07) is 12.3. The van der Waals surface area contributed by atoms with Crippen molar-refractivity contribution in [2.24, 2.45) is 0 Å². The van der Waals surface area contributed by atoms with E-state index in [4.69, 9.17) is 4.74 Å². The van der Waals surface area contributed by atoms with Crippen molar-refractivity contribution >= 4 is 0 Å². The van der Waals surface area contributed by atoms with Gasteiger partial charge in [0, 0.05) is 43.6 Å². The van der Waals surface area contributed by atoms with E-state index in [2.05, 4.69) is 72.5 Å². The molecule has 3 heterocycles. The van der Waals surface area contributed by atoms with E-state index in [1.54, 1.807) is 0 Å². The van der Waals surface area contributed by atoms with Crippen molar-refractivity contribution < 1.29 is 4.74 Å². The van der Waals surface area contributed by atoms with E-state index in [1.165, 1.54) is 47.5 Å². The third-order valence-corrected chi connectivity index (χ3v) is 6.73. The quantitative estimate of drug-likeness (QED) is 0.733. The highest BCUT2D eigenvalue weighted by Crippen LogP contribution is 2.34. The van der Waals surface area contributed by atoms with Gasteiger partial charge in [-0.25, -0.2) is 0 Å². The average molecular weight is 396 g/mol. The highest BCUT2D eigenvalue weighted by atomic mass is 16.5. The molecule has 2 aliphatic heterocycles. The van der Waals surface area contributed by atoms with E-state index in [1.807, 2.05) is 0 Å². The number of likely N-dealkylation sites (N-methyl/N-ethyl adjacent to an activating group) is 1. The Morgan fingerprint density at radius 3 is 2.45 bits per heavy atom. The predicted octanol–water partition coefficient (Wildman–Crippen LogP) is 4.69. The first kappa shape index (κ1) is 20.6. The average Bonchev–Trinajstić information content (AvgIpc) is 3.05. The molecule has 2 fully saturated rings. The van der Waals surface area contributed by atoms with Crippen LogP contribution in [-0.2, 0) is 11.3 Å². The van der Waals surface area contributed by atoms with Crippen molar-refractivity contribution in [3.63, 3.8) is 0 Å². The molecule has 0 unspecified atom stereocenters. The number of aromatic nitrogens is 1. The highest BCUT2D eigenvalue weighted by molar-refractivity contribution is 5.63. The van der Waals surface area contributed by atoms with Crippen LogP contribution in [-0.4, -0.2) is 60.8 Å². The highest BCUT2D eigenvalue weighted by Gasteiger charge is 2.25. The Morgan fingerprint density at radius 2 is 1.79 bits per heavy atom. The fourth-order valence-electron chi connectivity index (χ4n) is 4.92. The van der Waals surface area contributed by atoms with Gasteiger partial charge in [-0.1, -0.05) is 38.1 Å². The lowest BCUT2D eigenvalue weighted by Gasteiger charge is -2.33. The number of hydrogen-bond donors (Lipinski definition) is 0. The van der Waals surface area contributed by atoms with Gasteiger partial charge < -0.3 is 14.2 Å². The van der Waals surface area contributed by atoms with Crippen LogP contribution in [0.4, 0.5) is 0 Å². The molecule has 2 aromatic rings. The Balaban J connectivity index is 1.69. The minimum atomic E-state index is 0.562. The zero-order valence-electron chi connectivity index (χ0n) is 18.7.